The monoisotopic (exact) mass is 349 g/mol. The van der Waals surface area contributed by atoms with E-state index in [1.54, 1.807) is 30.3 Å². The highest BCUT2D eigenvalue weighted by Gasteiger charge is 2.34. The van der Waals surface area contributed by atoms with Crippen molar-refractivity contribution in [3.8, 4) is 0 Å². The summed E-state index contributed by atoms with van der Waals surface area (Å²) in [7, 11) is 0. The van der Waals surface area contributed by atoms with E-state index in [1.165, 1.54) is 11.8 Å². The summed E-state index contributed by atoms with van der Waals surface area (Å²) in [6.07, 6.45) is 2.37. The molecule has 26 heavy (non-hydrogen) atoms. The summed E-state index contributed by atoms with van der Waals surface area (Å²) in [5, 5.41) is 0. The second-order valence-electron chi connectivity index (χ2n) is 6.07. The number of hydrogen-bond donors (Lipinski definition) is 0. The van der Waals surface area contributed by atoms with Gasteiger partial charge in [0.1, 0.15) is 6.61 Å². The average Bonchev–Trinajstić information content (AvgIpc) is 2.89. The zero-order chi connectivity index (χ0) is 18.5. The number of amides is 2. The number of carbonyl (C=O) groups is 3. The van der Waals surface area contributed by atoms with Gasteiger partial charge < -0.3 is 4.74 Å². The van der Waals surface area contributed by atoms with Crippen LogP contribution in [0, 0.1) is 0 Å². The number of ether oxygens (including phenoxy) is 1. The lowest BCUT2D eigenvalue weighted by Crippen LogP contribution is -2.30. The predicted molar refractivity (Wildman–Crippen MR) is 96.7 cm³/mol. The third-order valence-electron chi connectivity index (χ3n) is 4.18. The number of imide groups is 1. The molecule has 0 N–H and O–H groups in total. The van der Waals surface area contributed by atoms with Crippen molar-refractivity contribution in [3.63, 3.8) is 0 Å². The molecule has 1 aliphatic heterocycles. The lowest BCUT2D eigenvalue weighted by atomic mass is 10.1. The summed E-state index contributed by atoms with van der Waals surface area (Å²) < 4.78 is 5.11. The lowest BCUT2D eigenvalue weighted by Gasteiger charge is -2.13. The molecule has 2 amide bonds. The molecule has 2 aromatic carbocycles. The maximum absolute atomic E-state index is 12.4. The van der Waals surface area contributed by atoms with Crippen molar-refractivity contribution in [1.82, 2.24) is 4.90 Å². The van der Waals surface area contributed by atoms with Crippen LogP contribution in [0.15, 0.2) is 66.2 Å². The molecule has 1 aliphatic rings. The number of carbonyl (C=O) groups excluding carboxylic acids is 3. The quantitative estimate of drug-likeness (QED) is 0.457. The molecule has 0 saturated carbocycles. The van der Waals surface area contributed by atoms with Crippen molar-refractivity contribution in [2.24, 2.45) is 0 Å². The molecular formula is C21H19NO4. The molecule has 0 aromatic heterocycles. The van der Waals surface area contributed by atoms with E-state index in [0.29, 0.717) is 17.5 Å². The molecule has 0 radical (unpaired) electrons. The van der Waals surface area contributed by atoms with Crippen molar-refractivity contribution >= 4 is 17.8 Å². The van der Waals surface area contributed by atoms with Gasteiger partial charge in [0, 0.05) is 13.5 Å². The molecule has 5 heteroatoms. The Morgan fingerprint density at radius 3 is 2.12 bits per heavy atom. The molecule has 5 nitrogen and oxygen atoms in total. The third-order valence-corrected chi connectivity index (χ3v) is 4.18. The second kappa shape index (κ2) is 7.78. The van der Waals surface area contributed by atoms with E-state index in [4.69, 9.17) is 4.74 Å². The van der Waals surface area contributed by atoms with Crippen LogP contribution in [0.25, 0.3) is 0 Å². The van der Waals surface area contributed by atoms with Gasteiger partial charge >= 0.3 is 5.97 Å². The smallest absolute Gasteiger partial charge is 0.302 e. The van der Waals surface area contributed by atoms with Crippen LogP contribution in [0.5, 0.6) is 0 Å². The Kier molecular flexibility index (Phi) is 5.27. The van der Waals surface area contributed by atoms with Gasteiger partial charge in [-0.05, 0) is 29.7 Å². The summed E-state index contributed by atoms with van der Waals surface area (Å²) in [4.78, 5) is 37.2. The molecular weight excluding hydrogens is 330 g/mol. The Balaban J connectivity index is 1.76. The highest BCUT2D eigenvalue weighted by atomic mass is 16.5. The van der Waals surface area contributed by atoms with Crippen LogP contribution in [-0.4, -0.2) is 35.8 Å². The summed E-state index contributed by atoms with van der Waals surface area (Å²) in [5.41, 5.74) is 2.75. The Hall–Kier alpha value is -3.21. The molecule has 1 heterocycles. The molecule has 0 saturated heterocycles. The number of rotatable bonds is 6. The zero-order valence-electron chi connectivity index (χ0n) is 14.5. The highest BCUT2D eigenvalue weighted by molar-refractivity contribution is 6.21. The maximum Gasteiger partial charge on any atom is 0.302 e. The van der Waals surface area contributed by atoms with E-state index in [2.05, 4.69) is 0 Å². The summed E-state index contributed by atoms with van der Waals surface area (Å²) in [6, 6.07) is 16.5. The van der Waals surface area contributed by atoms with Gasteiger partial charge in [-0.2, -0.15) is 0 Å². The van der Waals surface area contributed by atoms with E-state index < -0.39 is 0 Å². The highest BCUT2D eigenvalue weighted by Crippen LogP contribution is 2.22. The number of benzene rings is 2. The molecule has 3 rings (SSSR count). The Morgan fingerprint density at radius 1 is 0.962 bits per heavy atom. The van der Waals surface area contributed by atoms with Crippen molar-refractivity contribution in [3.05, 3.63) is 82.9 Å². The summed E-state index contributed by atoms with van der Waals surface area (Å²) >= 11 is 0. The lowest BCUT2D eigenvalue weighted by molar-refractivity contribution is -0.140. The van der Waals surface area contributed by atoms with Gasteiger partial charge in [-0.3, -0.25) is 19.3 Å². The normalized spacial score (nSPS) is 13.7. The van der Waals surface area contributed by atoms with Gasteiger partial charge in [0.05, 0.1) is 11.1 Å². The van der Waals surface area contributed by atoms with Crippen LogP contribution < -0.4 is 0 Å². The van der Waals surface area contributed by atoms with Crippen molar-refractivity contribution < 1.29 is 19.1 Å². The average molecular weight is 349 g/mol. The number of hydrogen-bond acceptors (Lipinski definition) is 4. The largest absolute Gasteiger partial charge is 0.461 e. The molecule has 2 aromatic rings. The Morgan fingerprint density at radius 2 is 1.54 bits per heavy atom. The van der Waals surface area contributed by atoms with Crippen LogP contribution in [-0.2, 0) is 16.0 Å². The van der Waals surface area contributed by atoms with E-state index in [1.807, 2.05) is 30.3 Å². The van der Waals surface area contributed by atoms with Crippen molar-refractivity contribution in [2.75, 3.05) is 13.2 Å². The minimum absolute atomic E-state index is 0.132. The SMILES string of the molecule is CC(=O)OC/C(=C/CN1C(=O)c2ccccc2C1=O)Cc1ccccc1. The third kappa shape index (κ3) is 3.88. The molecule has 0 bridgehead atoms. The van der Waals surface area contributed by atoms with Gasteiger partial charge in [-0.25, -0.2) is 0 Å². The first-order valence-electron chi connectivity index (χ1n) is 8.36. The van der Waals surface area contributed by atoms with Crippen molar-refractivity contribution in [1.29, 1.82) is 0 Å². The van der Waals surface area contributed by atoms with E-state index in [0.717, 1.165) is 11.1 Å². The number of nitrogens with zero attached hydrogens (tertiary/aromatic N) is 1. The first-order valence-corrected chi connectivity index (χ1v) is 8.36. The molecule has 132 valence electrons. The van der Waals surface area contributed by atoms with Gasteiger partial charge in [0.15, 0.2) is 0 Å². The number of esters is 1. The van der Waals surface area contributed by atoms with Gasteiger partial charge in [0.2, 0.25) is 0 Å². The number of fused-ring (bicyclic) bond motifs is 1. The van der Waals surface area contributed by atoms with Crippen LogP contribution in [0.3, 0.4) is 0 Å². The fourth-order valence-electron chi connectivity index (χ4n) is 2.86. The Bertz CT molecular complexity index is 836. The van der Waals surface area contributed by atoms with Gasteiger partial charge in [-0.1, -0.05) is 48.5 Å². The minimum atomic E-state index is -0.371. The molecule has 0 atom stereocenters. The Labute approximate surface area is 151 Å². The van der Waals surface area contributed by atoms with Crippen LogP contribution in [0.2, 0.25) is 0 Å². The van der Waals surface area contributed by atoms with E-state index in [9.17, 15) is 14.4 Å². The molecule has 0 fully saturated rings. The van der Waals surface area contributed by atoms with E-state index in [-0.39, 0.29) is 30.9 Å². The molecule has 0 unspecified atom stereocenters. The molecule has 0 spiro atoms. The van der Waals surface area contributed by atoms with Gasteiger partial charge in [-0.15, -0.1) is 0 Å². The fourth-order valence-corrected chi connectivity index (χ4v) is 2.86. The molecule has 0 aliphatic carbocycles. The predicted octanol–water partition coefficient (Wildman–Crippen LogP) is 3.01. The standard InChI is InChI=1S/C21H19NO4/c1-15(23)26-14-17(13-16-7-3-2-4-8-16)11-12-22-20(24)18-9-5-6-10-19(18)21(22)25/h2-11H,12-14H2,1H3/b17-11+. The minimum Gasteiger partial charge on any atom is -0.461 e. The van der Waals surface area contributed by atoms with Gasteiger partial charge in [0.25, 0.3) is 11.8 Å². The zero-order valence-corrected chi connectivity index (χ0v) is 14.5. The van der Waals surface area contributed by atoms with E-state index >= 15 is 0 Å². The summed E-state index contributed by atoms with van der Waals surface area (Å²) in [6.45, 7) is 1.63. The maximum atomic E-state index is 12.4. The van der Waals surface area contributed by atoms with Crippen molar-refractivity contribution in [2.45, 2.75) is 13.3 Å². The first kappa shape index (κ1) is 17.6. The van der Waals surface area contributed by atoms with Crippen LogP contribution >= 0.6 is 0 Å². The van der Waals surface area contributed by atoms with Crippen LogP contribution in [0.1, 0.15) is 33.2 Å². The fraction of sp³-hybridized carbons (Fsp3) is 0.190. The first-order chi connectivity index (χ1) is 12.6. The topological polar surface area (TPSA) is 63.7 Å². The summed E-state index contributed by atoms with van der Waals surface area (Å²) in [5.74, 6) is -0.966. The second-order valence-corrected chi connectivity index (χ2v) is 6.07. The van der Waals surface area contributed by atoms with Crippen LogP contribution in [0.4, 0.5) is 0 Å².